The molecular formula is C24H28N4OS. The smallest absolute Gasteiger partial charge is 0.170 e. The van der Waals surface area contributed by atoms with Crippen molar-refractivity contribution >= 4 is 17.3 Å². The van der Waals surface area contributed by atoms with Crippen LogP contribution in [0, 0.1) is 6.92 Å². The van der Waals surface area contributed by atoms with Gasteiger partial charge in [0.25, 0.3) is 0 Å². The zero-order valence-electron chi connectivity index (χ0n) is 17.7. The highest BCUT2D eigenvalue weighted by molar-refractivity contribution is 7.80. The first-order valence-corrected chi connectivity index (χ1v) is 10.9. The van der Waals surface area contributed by atoms with Crippen molar-refractivity contribution in [3.05, 3.63) is 77.9 Å². The summed E-state index contributed by atoms with van der Waals surface area (Å²) < 4.78 is 7.66. The number of benzene rings is 1. The van der Waals surface area contributed by atoms with Crippen LogP contribution in [0.15, 0.2) is 60.8 Å². The van der Waals surface area contributed by atoms with Crippen molar-refractivity contribution in [2.75, 3.05) is 13.7 Å². The molecule has 1 fully saturated rings. The van der Waals surface area contributed by atoms with Crippen LogP contribution >= 0.6 is 12.2 Å². The lowest BCUT2D eigenvalue weighted by Gasteiger charge is -2.29. The summed E-state index contributed by atoms with van der Waals surface area (Å²) in [4.78, 5) is 6.97. The third kappa shape index (κ3) is 3.79. The van der Waals surface area contributed by atoms with E-state index >= 15 is 0 Å². The van der Waals surface area contributed by atoms with Crippen molar-refractivity contribution in [1.82, 2.24) is 19.8 Å². The lowest BCUT2D eigenvalue weighted by Crippen LogP contribution is -2.31. The van der Waals surface area contributed by atoms with E-state index in [9.17, 15) is 0 Å². The molecule has 1 aromatic carbocycles. The summed E-state index contributed by atoms with van der Waals surface area (Å²) in [6.45, 7) is 5.27. The van der Waals surface area contributed by atoms with E-state index in [4.69, 9.17) is 17.0 Å². The van der Waals surface area contributed by atoms with Crippen molar-refractivity contribution in [2.45, 2.75) is 38.8 Å². The van der Waals surface area contributed by atoms with Gasteiger partial charge in [0.15, 0.2) is 5.11 Å². The van der Waals surface area contributed by atoms with Gasteiger partial charge in [0.2, 0.25) is 0 Å². The number of nitrogens with one attached hydrogen (secondary N) is 1. The van der Waals surface area contributed by atoms with E-state index in [0.29, 0.717) is 0 Å². The minimum atomic E-state index is 0.00172. The Kier molecular flexibility index (Phi) is 6.04. The van der Waals surface area contributed by atoms with E-state index in [1.165, 1.54) is 11.4 Å². The van der Waals surface area contributed by atoms with E-state index in [-0.39, 0.29) is 12.1 Å². The van der Waals surface area contributed by atoms with Crippen LogP contribution in [0.4, 0.5) is 0 Å². The number of aryl methyl sites for hydroxylation is 1. The summed E-state index contributed by atoms with van der Waals surface area (Å²) in [5.41, 5.74) is 4.50. The van der Waals surface area contributed by atoms with Crippen LogP contribution in [0.1, 0.15) is 48.9 Å². The molecule has 0 unspecified atom stereocenters. The molecule has 1 saturated heterocycles. The van der Waals surface area contributed by atoms with Crippen molar-refractivity contribution in [3.8, 4) is 11.4 Å². The average molecular weight is 421 g/mol. The number of nitrogens with zero attached hydrogens (tertiary/aromatic N) is 3. The molecule has 6 heteroatoms. The summed E-state index contributed by atoms with van der Waals surface area (Å²) in [5, 5.41) is 4.34. The summed E-state index contributed by atoms with van der Waals surface area (Å²) >= 11 is 5.77. The predicted molar refractivity (Wildman–Crippen MR) is 124 cm³/mol. The zero-order valence-corrected chi connectivity index (χ0v) is 18.5. The van der Waals surface area contributed by atoms with Crippen molar-refractivity contribution in [2.24, 2.45) is 0 Å². The van der Waals surface area contributed by atoms with Gasteiger partial charge in [-0.05, 0) is 74.1 Å². The minimum absolute atomic E-state index is 0.00172. The molecule has 3 heterocycles. The van der Waals surface area contributed by atoms with Crippen LogP contribution in [0.2, 0.25) is 0 Å². The number of unbranched alkanes of at least 4 members (excludes halogenated alkanes) is 1. The number of thiocarbonyl (C=S) groups is 1. The fraction of sp³-hybridized carbons (Fsp3) is 0.333. The van der Waals surface area contributed by atoms with Crippen LogP contribution in [0.3, 0.4) is 0 Å². The van der Waals surface area contributed by atoms with E-state index in [0.717, 1.165) is 41.6 Å². The van der Waals surface area contributed by atoms with Crippen molar-refractivity contribution in [1.29, 1.82) is 0 Å². The summed E-state index contributed by atoms with van der Waals surface area (Å²) in [5.74, 6) is 0.852. The van der Waals surface area contributed by atoms with Gasteiger partial charge < -0.3 is 19.5 Å². The maximum Gasteiger partial charge on any atom is 0.170 e. The van der Waals surface area contributed by atoms with Gasteiger partial charge >= 0.3 is 0 Å². The first-order chi connectivity index (χ1) is 14.6. The van der Waals surface area contributed by atoms with Gasteiger partial charge in [-0.2, -0.15) is 0 Å². The zero-order chi connectivity index (χ0) is 21.1. The summed E-state index contributed by atoms with van der Waals surface area (Å²) in [7, 11) is 1.69. The normalized spacial score (nSPS) is 18.5. The molecule has 1 aliphatic rings. The van der Waals surface area contributed by atoms with Crippen LogP contribution in [-0.4, -0.2) is 33.2 Å². The molecular weight excluding hydrogens is 392 g/mol. The molecule has 1 N–H and O–H groups in total. The Bertz CT molecular complexity index is 1000. The highest BCUT2D eigenvalue weighted by Gasteiger charge is 2.41. The SMILES string of the molecule is CCCCN1C(=S)N[C@@H](c2ccccn2)[C@@H]1c1ccc(C)n1-c1ccc(OC)cc1. The van der Waals surface area contributed by atoms with E-state index in [1.54, 1.807) is 7.11 Å². The topological polar surface area (TPSA) is 42.3 Å². The van der Waals surface area contributed by atoms with E-state index < -0.39 is 0 Å². The lowest BCUT2D eigenvalue weighted by atomic mass is 10.0. The molecule has 156 valence electrons. The van der Waals surface area contributed by atoms with Crippen LogP contribution in [0.25, 0.3) is 5.69 Å². The molecule has 0 spiro atoms. The fourth-order valence-corrected chi connectivity index (χ4v) is 4.50. The standard InChI is InChI=1S/C24H28N4OS/c1-4-5-16-27-23(22(26-24(27)30)20-8-6-7-15-25-20)21-14-9-17(2)28(21)18-10-12-19(29-3)13-11-18/h6-15,22-23H,4-5,16H2,1-3H3,(H,26,30)/t22-,23-/m0/s1. The molecule has 0 radical (unpaired) electrons. The largest absolute Gasteiger partial charge is 0.497 e. The second kappa shape index (κ2) is 8.88. The number of hydrogen-bond acceptors (Lipinski definition) is 3. The monoisotopic (exact) mass is 420 g/mol. The first kappa shape index (κ1) is 20.4. The molecule has 0 saturated carbocycles. The highest BCUT2D eigenvalue weighted by atomic mass is 32.1. The lowest BCUT2D eigenvalue weighted by molar-refractivity contribution is 0.304. The number of aromatic nitrogens is 2. The summed E-state index contributed by atoms with van der Waals surface area (Å²) in [6, 6.07) is 18.7. The summed E-state index contributed by atoms with van der Waals surface area (Å²) in [6.07, 6.45) is 4.06. The Labute approximate surface area is 183 Å². The second-order valence-electron chi connectivity index (χ2n) is 7.61. The fourth-order valence-electron chi connectivity index (χ4n) is 4.17. The Hall–Kier alpha value is -2.86. The van der Waals surface area contributed by atoms with Gasteiger partial charge in [-0.1, -0.05) is 19.4 Å². The third-order valence-electron chi connectivity index (χ3n) is 5.69. The number of pyridine rings is 1. The van der Waals surface area contributed by atoms with Gasteiger partial charge in [-0.15, -0.1) is 0 Å². The molecule has 4 rings (SSSR count). The maximum atomic E-state index is 5.77. The number of ether oxygens (including phenoxy) is 1. The van der Waals surface area contributed by atoms with Crippen LogP contribution in [-0.2, 0) is 0 Å². The van der Waals surface area contributed by atoms with Gasteiger partial charge in [-0.25, -0.2) is 0 Å². The molecule has 1 aliphatic heterocycles. The average Bonchev–Trinajstić information content (AvgIpc) is 3.32. The van der Waals surface area contributed by atoms with Crippen molar-refractivity contribution in [3.63, 3.8) is 0 Å². The van der Waals surface area contributed by atoms with Crippen LogP contribution in [0.5, 0.6) is 5.75 Å². The second-order valence-corrected chi connectivity index (χ2v) is 7.99. The highest BCUT2D eigenvalue weighted by Crippen LogP contribution is 2.40. The Balaban J connectivity index is 1.81. The third-order valence-corrected chi connectivity index (χ3v) is 6.04. The Morgan fingerprint density at radius 1 is 1.10 bits per heavy atom. The quantitative estimate of drug-likeness (QED) is 0.547. The minimum Gasteiger partial charge on any atom is -0.497 e. The molecule has 30 heavy (non-hydrogen) atoms. The van der Waals surface area contributed by atoms with Gasteiger partial charge in [0.05, 0.1) is 24.9 Å². The van der Waals surface area contributed by atoms with Crippen molar-refractivity contribution < 1.29 is 4.74 Å². The van der Waals surface area contributed by atoms with Crippen LogP contribution < -0.4 is 10.1 Å². The van der Waals surface area contributed by atoms with Gasteiger partial charge in [0.1, 0.15) is 5.75 Å². The molecule has 2 aromatic heterocycles. The number of methoxy groups -OCH3 is 1. The van der Waals surface area contributed by atoms with Gasteiger partial charge in [-0.3, -0.25) is 4.98 Å². The molecule has 0 aliphatic carbocycles. The number of rotatable bonds is 7. The Morgan fingerprint density at radius 2 is 1.90 bits per heavy atom. The van der Waals surface area contributed by atoms with E-state index in [1.807, 2.05) is 30.5 Å². The molecule has 2 atom stereocenters. The van der Waals surface area contributed by atoms with Gasteiger partial charge in [0, 0.05) is 29.8 Å². The molecule has 0 amide bonds. The molecule has 5 nitrogen and oxygen atoms in total. The first-order valence-electron chi connectivity index (χ1n) is 10.4. The number of hydrogen-bond donors (Lipinski definition) is 1. The predicted octanol–water partition coefficient (Wildman–Crippen LogP) is 4.96. The maximum absolute atomic E-state index is 5.77. The molecule has 0 bridgehead atoms. The molecule has 3 aromatic rings. The Morgan fingerprint density at radius 3 is 2.57 bits per heavy atom. The van der Waals surface area contributed by atoms with E-state index in [2.05, 4.69) is 63.9 Å².